The van der Waals surface area contributed by atoms with Gasteiger partial charge in [-0.05, 0) is 132 Å². The molecule has 0 aromatic heterocycles. The summed E-state index contributed by atoms with van der Waals surface area (Å²) >= 11 is 0. The SMILES string of the molecule is CC1(C)CC[C@]2(C(=O)O)CC[C@]3(C)C(=CC[C@@H]4[C@@]5(C)CC[C@H](O[C@@H]6O[C@H](CO[C@@H]7OC[C@H](O)[C@H](O)[C@H]7O)[C@@H](O)[C@H](O)[C@H]6NC(=O)/C=C/c6ccc(C(C)(C)C)cc6)C(C)(C)[C@@H]5CC[C@]43C)[C@@H]2C1. The first-order valence-corrected chi connectivity index (χ1v) is 25.2. The third-order valence-electron chi connectivity index (χ3n) is 19.4. The quantitative estimate of drug-likeness (QED) is 0.0790. The van der Waals surface area contributed by atoms with E-state index in [-0.39, 0.29) is 58.2 Å². The molecule has 2 heterocycles. The van der Waals surface area contributed by atoms with E-state index in [4.69, 9.17) is 18.9 Å². The summed E-state index contributed by atoms with van der Waals surface area (Å²) in [6, 6.07) is 6.78. The normalized spacial score (nSPS) is 44.9. The zero-order chi connectivity index (χ0) is 48.9. The lowest BCUT2D eigenvalue weighted by Gasteiger charge is -2.71. The number of rotatable bonds is 9. The lowest BCUT2D eigenvalue weighted by atomic mass is 9.33. The van der Waals surface area contributed by atoms with E-state index in [1.807, 2.05) is 24.3 Å². The van der Waals surface area contributed by atoms with Gasteiger partial charge in [0, 0.05) is 6.08 Å². The van der Waals surface area contributed by atoms with Crippen molar-refractivity contribution in [1.29, 1.82) is 0 Å². The summed E-state index contributed by atoms with van der Waals surface area (Å²) in [5.74, 6) is -0.476. The van der Waals surface area contributed by atoms with Crippen LogP contribution in [0.3, 0.4) is 0 Å². The number of hydrogen-bond donors (Lipinski definition) is 7. The molecule has 1 amide bonds. The number of benzene rings is 1. The Morgan fingerprint density at radius 2 is 1.51 bits per heavy atom. The van der Waals surface area contributed by atoms with E-state index >= 15 is 0 Å². The lowest BCUT2D eigenvalue weighted by Crippen LogP contribution is -2.67. The Kier molecular flexibility index (Phi) is 13.5. The summed E-state index contributed by atoms with van der Waals surface area (Å²) in [4.78, 5) is 26.9. The number of carbonyl (C=O) groups excluding carboxylic acids is 1. The summed E-state index contributed by atoms with van der Waals surface area (Å²) in [5, 5.41) is 67.8. The van der Waals surface area contributed by atoms with Gasteiger partial charge in [0.1, 0.15) is 42.7 Å². The van der Waals surface area contributed by atoms with E-state index in [0.717, 1.165) is 62.5 Å². The maximum Gasteiger partial charge on any atom is 0.310 e. The number of aliphatic hydroxyl groups excluding tert-OH is 5. The molecule has 5 aliphatic carbocycles. The van der Waals surface area contributed by atoms with Gasteiger partial charge >= 0.3 is 5.97 Å². The molecule has 2 saturated heterocycles. The molecule has 6 fully saturated rings. The average Bonchev–Trinajstić information content (AvgIpc) is 3.25. The number of fused-ring (bicyclic) bond motifs is 7. The summed E-state index contributed by atoms with van der Waals surface area (Å²) in [6.07, 6.45) is 2.68. The number of hydrogen-bond acceptors (Lipinski definition) is 11. The minimum Gasteiger partial charge on any atom is -0.481 e. The minimum atomic E-state index is -1.57. The third-order valence-corrected chi connectivity index (χ3v) is 19.4. The van der Waals surface area contributed by atoms with Gasteiger partial charge in [-0.3, -0.25) is 9.59 Å². The van der Waals surface area contributed by atoms with Gasteiger partial charge in [0.25, 0.3) is 0 Å². The molecule has 4 saturated carbocycles. The molecule has 0 bridgehead atoms. The van der Waals surface area contributed by atoms with Gasteiger partial charge in [0.15, 0.2) is 12.6 Å². The summed E-state index contributed by atoms with van der Waals surface area (Å²) in [7, 11) is 0. The second-order valence-electron chi connectivity index (χ2n) is 25.0. The number of amides is 1. The van der Waals surface area contributed by atoms with Gasteiger partial charge in [-0.2, -0.15) is 0 Å². The van der Waals surface area contributed by atoms with Crippen molar-refractivity contribution in [3.8, 4) is 0 Å². The molecule has 1 aromatic carbocycles. The highest BCUT2D eigenvalue weighted by molar-refractivity contribution is 5.92. The highest BCUT2D eigenvalue weighted by atomic mass is 16.7. The van der Waals surface area contributed by atoms with Crippen molar-refractivity contribution < 1.29 is 59.2 Å². The monoisotopic (exact) mass is 936 g/mol. The second-order valence-corrected chi connectivity index (χ2v) is 25.0. The molecule has 17 atom stereocenters. The van der Waals surface area contributed by atoms with Crippen molar-refractivity contribution in [3.05, 3.63) is 53.1 Å². The maximum absolute atomic E-state index is 13.7. The smallest absolute Gasteiger partial charge is 0.310 e. The number of carboxylic acid groups (broad SMARTS) is 1. The second kappa shape index (κ2) is 17.8. The molecule has 0 radical (unpaired) electrons. The molecular formula is C54H81NO12. The van der Waals surface area contributed by atoms with Gasteiger partial charge in [0.05, 0.1) is 24.7 Å². The van der Waals surface area contributed by atoms with Crippen LogP contribution in [0.1, 0.15) is 145 Å². The molecule has 13 heteroatoms. The van der Waals surface area contributed by atoms with Crippen molar-refractivity contribution in [2.45, 2.75) is 200 Å². The highest BCUT2D eigenvalue weighted by Gasteiger charge is 2.69. The van der Waals surface area contributed by atoms with Crippen LogP contribution in [0.4, 0.5) is 0 Å². The van der Waals surface area contributed by atoms with E-state index < -0.39 is 78.0 Å². The zero-order valence-corrected chi connectivity index (χ0v) is 41.7. The predicted molar refractivity (Wildman–Crippen MR) is 252 cm³/mol. The first kappa shape index (κ1) is 50.7. The zero-order valence-electron chi connectivity index (χ0n) is 41.7. The molecule has 7 N–H and O–H groups in total. The Labute approximate surface area is 398 Å². The van der Waals surface area contributed by atoms with Crippen LogP contribution in [0.15, 0.2) is 42.0 Å². The van der Waals surface area contributed by atoms with E-state index in [0.29, 0.717) is 18.8 Å². The summed E-state index contributed by atoms with van der Waals surface area (Å²) < 4.78 is 24.8. The van der Waals surface area contributed by atoms with Gasteiger partial charge in [-0.15, -0.1) is 0 Å². The van der Waals surface area contributed by atoms with Gasteiger partial charge in [-0.1, -0.05) is 105 Å². The number of ether oxygens (including phenoxy) is 4. The van der Waals surface area contributed by atoms with Crippen LogP contribution < -0.4 is 5.32 Å². The molecule has 7 aliphatic rings. The Hall–Kier alpha value is -2.72. The number of carbonyl (C=O) groups is 2. The van der Waals surface area contributed by atoms with Crippen molar-refractivity contribution in [1.82, 2.24) is 5.32 Å². The lowest BCUT2D eigenvalue weighted by molar-refractivity contribution is -0.322. The predicted octanol–water partition coefficient (Wildman–Crippen LogP) is 6.66. The number of nitrogens with one attached hydrogen (secondary N) is 1. The molecule has 13 nitrogen and oxygen atoms in total. The van der Waals surface area contributed by atoms with Crippen LogP contribution in [0.5, 0.6) is 0 Å². The Balaban J connectivity index is 1.03. The van der Waals surface area contributed by atoms with E-state index in [1.165, 1.54) is 11.6 Å². The number of allylic oxidation sites excluding steroid dienone is 2. The Bertz CT molecular complexity index is 2060. The molecule has 374 valence electrons. The molecule has 0 unspecified atom stereocenters. The van der Waals surface area contributed by atoms with Gasteiger partial charge < -0.3 is 54.9 Å². The Morgan fingerprint density at radius 1 is 0.821 bits per heavy atom. The molecule has 8 rings (SSSR count). The molecule has 2 aliphatic heterocycles. The van der Waals surface area contributed by atoms with Gasteiger partial charge in [0.2, 0.25) is 5.91 Å². The number of aliphatic hydroxyl groups is 5. The van der Waals surface area contributed by atoms with Crippen LogP contribution in [-0.2, 0) is 34.0 Å². The fourth-order valence-electron chi connectivity index (χ4n) is 14.9. The highest BCUT2D eigenvalue weighted by Crippen LogP contribution is 2.76. The summed E-state index contributed by atoms with van der Waals surface area (Å²) in [6.45, 7) is 22.4. The summed E-state index contributed by atoms with van der Waals surface area (Å²) in [5.41, 5.74) is 2.16. The maximum atomic E-state index is 13.7. The first-order chi connectivity index (χ1) is 31.2. The van der Waals surface area contributed by atoms with Crippen molar-refractivity contribution in [2.24, 2.45) is 50.2 Å². The van der Waals surface area contributed by atoms with Crippen LogP contribution in [0.25, 0.3) is 6.08 Å². The minimum absolute atomic E-state index is 0.0260. The number of carboxylic acids is 1. The average molecular weight is 936 g/mol. The molecule has 0 spiro atoms. The van der Waals surface area contributed by atoms with Crippen molar-refractivity contribution in [2.75, 3.05) is 13.2 Å². The van der Waals surface area contributed by atoms with E-state index in [2.05, 4.69) is 80.6 Å². The van der Waals surface area contributed by atoms with Crippen LogP contribution in [0.2, 0.25) is 0 Å². The fourth-order valence-corrected chi connectivity index (χ4v) is 14.9. The fraction of sp³-hybridized carbons (Fsp3) is 0.778. The number of aliphatic carboxylic acids is 1. The van der Waals surface area contributed by atoms with Crippen LogP contribution in [-0.4, -0.2) is 117 Å². The van der Waals surface area contributed by atoms with Crippen molar-refractivity contribution >= 4 is 18.0 Å². The first-order valence-electron chi connectivity index (χ1n) is 25.2. The molecular weight excluding hydrogens is 855 g/mol. The molecule has 1 aromatic rings. The third kappa shape index (κ3) is 8.70. The van der Waals surface area contributed by atoms with Crippen molar-refractivity contribution in [3.63, 3.8) is 0 Å². The van der Waals surface area contributed by atoms with Gasteiger partial charge in [-0.25, -0.2) is 0 Å². The standard InChI is InChI=1S/C54H81NO12/c1-48(2,3)31-14-11-30(12-15-31)13-18-39(57)55-40-43(60)42(59)35(29-65-46-44(61)41(58)34(56)28-64-46)66-45(40)67-38-20-21-51(8)36(50(38,6)7)19-22-53(10)37(51)17-16-32-33-27-49(4,5)23-25-54(33,47(62)63)26-24-52(32,53)9/h11-16,18,33-38,40-46,56,58-61H,17,19-29H2,1-10H3,(H,55,57)(H,62,63)/b18-13+/t33-,34-,35+,36-,37+,38-,40+,41-,42+,43+,44+,45-,46-,51-,52+,53+,54-/m0/s1. The topological polar surface area (TPSA) is 204 Å². The van der Waals surface area contributed by atoms with Crippen LogP contribution in [0, 0.1) is 50.2 Å². The van der Waals surface area contributed by atoms with Crippen LogP contribution >= 0.6 is 0 Å². The Morgan fingerprint density at radius 3 is 2.18 bits per heavy atom. The van der Waals surface area contributed by atoms with E-state index in [9.17, 15) is 40.2 Å². The van der Waals surface area contributed by atoms with E-state index in [1.54, 1.807) is 6.08 Å². The molecule has 67 heavy (non-hydrogen) atoms. The largest absolute Gasteiger partial charge is 0.481 e.